The van der Waals surface area contributed by atoms with Gasteiger partial charge in [0.05, 0.1) is 0 Å². The molecule has 0 aromatic heterocycles. The molecular weight excluding hydrogens is 320 g/mol. The minimum absolute atomic E-state index is 0.792. The third-order valence-electron chi connectivity index (χ3n) is 4.70. The highest BCUT2D eigenvalue weighted by molar-refractivity contribution is 6.27. The summed E-state index contributed by atoms with van der Waals surface area (Å²) in [6.45, 7) is 12.9. The first-order valence-electron chi connectivity index (χ1n) is 8.86. The van der Waals surface area contributed by atoms with Gasteiger partial charge in [0.1, 0.15) is 0 Å². The van der Waals surface area contributed by atoms with Crippen LogP contribution in [0.1, 0.15) is 37.8 Å². The summed E-state index contributed by atoms with van der Waals surface area (Å²) in [5, 5.41) is 14.8. The Balaban J connectivity index is 0.000000450. The van der Waals surface area contributed by atoms with Crippen LogP contribution in [0.15, 0.2) is 24.3 Å². The van der Waals surface area contributed by atoms with E-state index < -0.39 is 11.9 Å². The van der Waals surface area contributed by atoms with Gasteiger partial charge in [0, 0.05) is 38.8 Å². The Morgan fingerprint density at radius 1 is 1.00 bits per heavy atom. The van der Waals surface area contributed by atoms with Crippen molar-refractivity contribution in [2.24, 2.45) is 0 Å². The van der Waals surface area contributed by atoms with E-state index in [-0.39, 0.29) is 0 Å². The van der Waals surface area contributed by atoms with E-state index in [1.54, 1.807) is 0 Å². The molecular formula is C19H30N2O4. The zero-order valence-electron chi connectivity index (χ0n) is 15.4. The Kier molecular flexibility index (Phi) is 9.16. The van der Waals surface area contributed by atoms with E-state index in [1.165, 1.54) is 50.1 Å². The standard InChI is InChI=1S/C17H28N2.C2H2O4/c1-4-17(5-2)19-12-10-18(11-13-19)14-16-9-7-6-8-15(16)3;3-1(4)2(5)6/h6-9,17H,4-5,10-14H2,1-3H3;(H,3,4)(H,5,6). The van der Waals surface area contributed by atoms with Crippen molar-refractivity contribution in [2.45, 2.75) is 46.2 Å². The molecule has 140 valence electrons. The number of piperazine rings is 1. The molecule has 6 heteroatoms. The van der Waals surface area contributed by atoms with E-state index >= 15 is 0 Å². The predicted octanol–water partition coefficient (Wildman–Crippen LogP) is 2.46. The molecule has 1 aliphatic heterocycles. The molecule has 6 nitrogen and oxygen atoms in total. The summed E-state index contributed by atoms with van der Waals surface area (Å²) in [5.74, 6) is -3.65. The van der Waals surface area contributed by atoms with Crippen LogP contribution in [0.2, 0.25) is 0 Å². The van der Waals surface area contributed by atoms with Crippen molar-refractivity contribution in [3.8, 4) is 0 Å². The molecule has 0 amide bonds. The number of carboxylic acids is 2. The van der Waals surface area contributed by atoms with Gasteiger partial charge >= 0.3 is 11.9 Å². The molecule has 1 saturated heterocycles. The zero-order chi connectivity index (χ0) is 18.8. The van der Waals surface area contributed by atoms with Gasteiger partial charge in [-0.3, -0.25) is 9.80 Å². The Hall–Kier alpha value is -1.92. The molecule has 1 fully saturated rings. The van der Waals surface area contributed by atoms with Crippen LogP contribution in [0, 0.1) is 6.92 Å². The maximum Gasteiger partial charge on any atom is 0.414 e. The summed E-state index contributed by atoms with van der Waals surface area (Å²) in [6, 6.07) is 9.56. The number of hydrogen-bond acceptors (Lipinski definition) is 4. The Morgan fingerprint density at radius 3 is 1.96 bits per heavy atom. The fourth-order valence-electron chi connectivity index (χ4n) is 3.12. The summed E-state index contributed by atoms with van der Waals surface area (Å²) in [7, 11) is 0. The summed E-state index contributed by atoms with van der Waals surface area (Å²) in [5.41, 5.74) is 2.91. The normalized spacial score (nSPS) is 15.5. The summed E-state index contributed by atoms with van der Waals surface area (Å²) < 4.78 is 0. The smallest absolute Gasteiger partial charge is 0.414 e. The Labute approximate surface area is 150 Å². The maximum atomic E-state index is 9.10. The van der Waals surface area contributed by atoms with Gasteiger partial charge in [-0.25, -0.2) is 9.59 Å². The number of nitrogens with zero attached hydrogens (tertiary/aromatic N) is 2. The van der Waals surface area contributed by atoms with Crippen LogP contribution in [0.5, 0.6) is 0 Å². The molecule has 0 aliphatic carbocycles. The van der Waals surface area contributed by atoms with Crippen LogP contribution in [-0.2, 0) is 16.1 Å². The predicted molar refractivity (Wildman–Crippen MR) is 97.7 cm³/mol. The van der Waals surface area contributed by atoms with Crippen molar-refractivity contribution in [1.82, 2.24) is 9.80 Å². The van der Waals surface area contributed by atoms with Crippen LogP contribution in [0.4, 0.5) is 0 Å². The number of aliphatic carboxylic acids is 2. The van der Waals surface area contributed by atoms with Gasteiger partial charge in [0.15, 0.2) is 0 Å². The molecule has 0 atom stereocenters. The highest BCUT2D eigenvalue weighted by Crippen LogP contribution is 2.15. The number of benzene rings is 1. The lowest BCUT2D eigenvalue weighted by atomic mass is 10.1. The van der Waals surface area contributed by atoms with Crippen molar-refractivity contribution >= 4 is 11.9 Å². The van der Waals surface area contributed by atoms with Gasteiger partial charge in [0.2, 0.25) is 0 Å². The Bertz CT molecular complexity index is 538. The molecule has 1 aliphatic rings. The first kappa shape index (κ1) is 21.1. The van der Waals surface area contributed by atoms with Crippen molar-refractivity contribution < 1.29 is 19.8 Å². The third-order valence-corrected chi connectivity index (χ3v) is 4.70. The largest absolute Gasteiger partial charge is 0.473 e. The van der Waals surface area contributed by atoms with E-state index in [1.807, 2.05) is 0 Å². The minimum Gasteiger partial charge on any atom is -0.473 e. The number of carboxylic acid groups (broad SMARTS) is 2. The van der Waals surface area contributed by atoms with Gasteiger partial charge < -0.3 is 10.2 Å². The van der Waals surface area contributed by atoms with Crippen molar-refractivity contribution in [3.05, 3.63) is 35.4 Å². The van der Waals surface area contributed by atoms with Crippen molar-refractivity contribution in [3.63, 3.8) is 0 Å². The average molecular weight is 350 g/mol. The first-order chi connectivity index (χ1) is 11.9. The highest BCUT2D eigenvalue weighted by Gasteiger charge is 2.21. The molecule has 2 rings (SSSR count). The lowest BCUT2D eigenvalue weighted by molar-refractivity contribution is -0.159. The van der Waals surface area contributed by atoms with E-state index in [2.05, 4.69) is 54.8 Å². The topological polar surface area (TPSA) is 81.1 Å². The summed E-state index contributed by atoms with van der Waals surface area (Å²) >= 11 is 0. The van der Waals surface area contributed by atoms with Crippen LogP contribution in [0.3, 0.4) is 0 Å². The molecule has 0 radical (unpaired) electrons. The number of hydrogen-bond donors (Lipinski definition) is 2. The first-order valence-corrected chi connectivity index (χ1v) is 8.86. The van der Waals surface area contributed by atoms with Gasteiger partial charge in [-0.15, -0.1) is 0 Å². The van der Waals surface area contributed by atoms with Gasteiger partial charge in [-0.05, 0) is 30.9 Å². The van der Waals surface area contributed by atoms with Crippen LogP contribution >= 0.6 is 0 Å². The lowest BCUT2D eigenvalue weighted by Crippen LogP contribution is -2.49. The highest BCUT2D eigenvalue weighted by atomic mass is 16.4. The van der Waals surface area contributed by atoms with Gasteiger partial charge in [-0.2, -0.15) is 0 Å². The van der Waals surface area contributed by atoms with Crippen molar-refractivity contribution in [1.29, 1.82) is 0 Å². The van der Waals surface area contributed by atoms with Gasteiger partial charge in [-0.1, -0.05) is 38.1 Å². The second-order valence-corrected chi connectivity index (χ2v) is 6.32. The molecule has 0 saturated carbocycles. The fraction of sp³-hybridized carbons (Fsp3) is 0.579. The molecule has 2 N–H and O–H groups in total. The molecule has 1 aromatic rings. The molecule has 1 aromatic carbocycles. The van der Waals surface area contributed by atoms with Gasteiger partial charge in [0.25, 0.3) is 0 Å². The minimum atomic E-state index is -1.82. The molecule has 0 spiro atoms. The second kappa shape index (κ2) is 10.8. The summed E-state index contributed by atoms with van der Waals surface area (Å²) in [4.78, 5) is 23.5. The van der Waals surface area contributed by atoms with E-state index in [0.29, 0.717) is 0 Å². The second-order valence-electron chi connectivity index (χ2n) is 6.32. The Morgan fingerprint density at radius 2 is 1.52 bits per heavy atom. The fourth-order valence-corrected chi connectivity index (χ4v) is 3.12. The monoisotopic (exact) mass is 350 g/mol. The average Bonchev–Trinajstić information content (AvgIpc) is 2.60. The molecule has 25 heavy (non-hydrogen) atoms. The summed E-state index contributed by atoms with van der Waals surface area (Å²) in [6.07, 6.45) is 2.57. The van der Waals surface area contributed by atoms with Crippen LogP contribution in [-0.4, -0.2) is 64.2 Å². The van der Waals surface area contributed by atoms with E-state index in [0.717, 1.165) is 12.6 Å². The van der Waals surface area contributed by atoms with E-state index in [4.69, 9.17) is 19.8 Å². The number of rotatable bonds is 5. The zero-order valence-corrected chi connectivity index (χ0v) is 15.4. The van der Waals surface area contributed by atoms with E-state index in [9.17, 15) is 0 Å². The van der Waals surface area contributed by atoms with Crippen LogP contribution < -0.4 is 0 Å². The molecule has 1 heterocycles. The van der Waals surface area contributed by atoms with Crippen LogP contribution in [0.25, 0.3) is 0 Å². The number of aryl methyl sites for hydroxylation is 1. The van der Waals surface area contributed by atoms with Crippen molar-refractivity contribution in [2.75, 3.05) is 26.2 Å². The maximum absolute atomic E-state index is 9.10. The lowest BCUT2D eigenvalue weighted by Gasteiger charge is -2.39. The molecule has 0 bridgehead atoms. The quantitative estimate of drug-likeness (QED) is 0.794. The molecule has 0 unspecified atom stereocenters. The number of carbonyl (C=O) groups is 2. The SMILES string of the molecule is CCC(CC)N1CCN(Cc2ccccc2C)CC1.O=C(O)C(=O)O. The third kappa shape index (κ3) is 7.23.